The Bertz CT molecular complexity index is 567. The van der Waals surface area contributed by atoms with Crippen molar-refractivity contribution in [3.05, 3.63) is 47.7 Å². The van der Waals surface area contributed by atoms with Crippen LogP contribution in [0.4, 0.5) is 17.2 Å². The van der Waals surface area contributed by atoms with Crippen LogP contribution in [0.5, 0.6) is 0 Å². The molecule has 0 amide bonds. The van der Waals surface area contributed by atoms with E-state index in [-0.39, 0.29) is 0 Å². The van der Waals surface area contributed by atoms with E-state index in [4.69, 9.17) is 11.0 Å². The molecule has 0 radical (unpaired) electrons. The first-order valence-electron chi connectivity index (χ1n) is 5.19. The Balaban J connectivity index is 2.34. The van der Waals surface area contributed by atoms with Gasteiger partial charge in [0.15, 0.2) is 0 Å². The Labute approximate surface area is 99.7 Å². The Morgan fingerprint density at radius 1 is 1.29 bits per heavy atom. The number of anilines is 3. The summed E-state index contributed by atoms with van der Waals surface area (Å²) in [5.74, 6) is 0.668. The first-order chi connectivity index (χ1) is 8.20. The third-order valence-corrected chi connectivity index (χ3v) is 2.43. The first-order valence-corrected chi connectivity index (χ1v) is 5.19. The number of nitrogens with zero attached hydrogens (tertiary/aromatic N) is 2. The lowest BCUT2D eigenvalue weighted by Gasteiger charge is -2.08. The Morgan fingerprint density at radius 3 is 2.76 bits per heavy atom. The number of aromatic nitrogens is 1. The van der Waals surface area contributed by atoms with Gasteiger partial charge in [0.05, 0.1) is 23.1 Å². The van der Waals surface area contributed by atoms with E-state index in [0.717, 1.165) is 11.3 Å². The predicted molar refractivity (Wildman–Crippen MR) is 67.8 cm³/mol. The molecule has 0 aliphatic heterocycles. The average molecular weight is 224 g/mol. The van der Waals surface area contributed by atoms with Gasteiger partial charge in [-0.1, -0.05) is 12.1 Å². The van der Waals surface area contributed by atoms with E-state index in [9.17, 15) is 0 Å². The monoisotopic (exact) mass is 224 g/mol. The van der Waals surface area contributed by atoms with Crippen molar-refractivity contribution < 1.29 is 0 Å². The topological polar surface area (TPSA) is 74.7 Å². The first kappa shape index (κ1) is 11.0. The van der Waals surface area contributed by atoms with Crippen LogP contribution >= 0.6 is 0 Å². The van der Waals surface area contributed by atoms with Crippen molar-refractivity contribution in [1.29, 1.82) is 5.26 Å². The quantitative estimate of drug-likeness (QED) is 0.822. The molecule has 1 aromatic heterocycles. The molecule has 0 aliphatic rings. The van der Waals surface area contributed by atoms with Crippen molar-refractivity contribution in [3.63, 3.8) is 0 Å². The average Bonchev–Trinajstić information content (AvgIpc) is 2.32. The van der Waals surface area contributed by atoms with Crippen LogP contribution in [0.3, 0.4) is 0 Å². The van der Waals surface area contributed by atoms with E-state index in [0.29, 0.717) is 17.1 Å². The highest BCUT2D eigenvalue weighted by molar-refractivity contribution is 5.66. The zero-order valence-corrected chi connectivity index (χ0v) is 9.44. The van der Waals surface area contributed by atoms with Gasteiger partial charge in [0.1, 0.15) is 11.9 Å². The summed E-state index contributed by atoms with van der Waals surface area (Å²) in [6.07, 6.45) is 1.57. The van der Waals surface area contributed by atoms with Gasteiger partial charge in [-0.25, -0.2) is 4.98 Å². The number of hydrogen-bond donors (Lipinski definition) is 2. The molecule has 4 heteroatoms. The normalized spacial score (nSPS) is 9.65. The number of benzene rings is 1. The summed E-state index contributed by atoms with van der Waals surface area (Å²) >= 11 is 0. The van der Waals surface area contributed by atoms with Gasteiger partial charge in [-0.2, -0.15) is 5.26 Å². The number of hydrogen-bond acceptors (Lipinski definition) is 4. The zero-order chi connectivity index (χ0) is 12.3. The van der Waals surface area contributed by atoms with Crippen LogP contribution in [0.25, 0.3) is 0 Å². The van der Waals surface area contributed by atoms with Crippen LogP contribution in [0.15, 0.2) is 36.5 Å². The molecule has 2 rings (SSSR count). The van der Waals surface area contributed by atoms with Crippen molar-refractivity contribution in [3.8, 4) is 6.07 Å². The fourth-order valence-corrected chi connectivity index (χ4v) is 1.54. The zero-order valence-electron chi connectivity index (χ0n) is 9.44. The summed E-state index contributed by atoms with van der Waals surface area (Å²) < 4.78 is 0. The number of aryl methyl sites for hydroxylation is 1. The predicted octanol–water partition coefficient (Wildman–Crippen LogP) is 2.59. The summed E-state index contributed by atoms with van der Waals surface area (Å²) in [5.41, 5.74) is 8.49. The molecule has 84 valence electrons. The number of nitrogens with two attached hydrogens (primary N) is 1. The Hall–Kier alpha value is -2.54. The molecule has 0 saturated carbocycles. The lowest BCUT2D eigenvalue weighted by molar-refractivity contribution is 1.30. The molecular weight excluding hydrogens is 212 g/mol. The minimum absolute atomic E-state index is 0.611. The molecule has 1 aromatic carbocycles. The summed E-state index contributed by atoms with van der Waals surface area (Å²) in [5, 5.41) is 12.2. The van der Waals surface area contributed by atoms with Crippen molar-refractivity contribution >= 4 is 17.2 Å². The Kier molecular flexibility index (Phi) is 2.93. The third kappa shape index (κ3) is 2.34. The van der Waals surface area contributed by atoms with Gasteiger partial charge in [0.2, 0.25) is 0 Å². The van der Waals surface area contributed by atoms with Crippen LogP contribution in [0.2, 0.25) is 0 Å². The van der Waals surface area contributed by atoms with Gasteiger partial charge in [-0.3, -0.25) is 0 Å². The van der Waals surface area contributed by atoms with Gasteiger partial charge in [0.25, 0.3) is 0 Å². The van der Waals surface area contributed by atoms with Crippen LogP contribution in [0, 0.1) is 18.3 Å². The van der Waals surface area contributed by atoms with E-state index in [1.807, 2.05) is 25.1 Å². The maximum absolute atomic E-state index is 9.09. The van der Waals surface area contributed by atoms with E-state index < -0.39 is 0 Å². The fourth-order valence-electron chi connectivity index (χ4n) is 1.54. The number of nitrogens with one attached hydrogen (secondary N) is 1. The molecule has 0 saturated heterocycles. The van der Waals surface area contributed by atoms with E-state index >= 15 is 0 Å². The van der Waals surface area contributed by atoms with Crippen molar-refractivity contribution in [1.82, 2.24) is 4.98 Å². The van der Waals surface area contributed by atoms with E-state index in [2.05, 4.69) is 16.4 Å². The SMILES string of the molecule is Cc1cccc(Nc2ccc(N)cn2)c1C#N. The molecule has 4 nitrogen and oxygen atoms in total. The standard InChI is InChI=1S/C13H12N4/c1-9-3-2-4-12(11(9)7-14)17-13-6-5-10(15)8-16-13/h2-6,8H,15H2,1H3,(H,16,17). The number of pyridine rings is 1. The van der Waals surface area contributed by atoms with E-state index in [1.54, 1.807) is 18.3 Å². The smallest absolute Gasteiger partial charge is 0.130 e. The third-order valence-electron chi connectivity index (χ3n) is 2.43. The molecule has 2 aromatic rings. The van der Waals surface area contributed by atoms with Gasteiger partial charge in [-0.05, 0) is 30.7 Å². The van der Waals surface area contributed by atoms with Crippen molar-refractivity contribution in [2.45, 2.75) is 6.92 Å². The maximum atomic E-state index is 9.09. The molecule has 0 bridgehead atoms. The number of nitrogen functional groups attached to an aromatic ring is 1. The van der Waals surface area contributed by atoms with Gasteiger partial charge < -0.3 is 11.1 Å². The fraction of sp³-hybridized carbons (Fsp3) is 0.0769. The molecular formula is C13H12N4. The second kappa shape index (κ2) is 4.54. The minimum Gasteiger partial charge on any atom is -0.397 e. The van der Waals surface area contributed by atoms with Crippen molar-refractivity contribution in [2.24, 2.45) is 0 Å². The summed E-state index contributed by atoms with van der Waals surface area (Å²) in [6.45, 7) is 1.90. The van der Waals surface area contributed by atoms with Crippen LogP contribution in [0.1, 0.15) is 11.1 Å². The summed E-state index contributed by atoms with van der Waals surface area (Å²) in [7, 11) is 0. The molecule has 0 atom stereocenters. The molecule has 0 spiro atoms. The lowest BCUT2D eigenvalue weighted by atomic mass is 10.1. The van der Waals surface area contributed by atoms with Gasteiger partial charge in [0, 0.05) is 0 Å². The molecule has 1 heterocycles. The number of rotatable bonds is 2. The lowest BCUT2D eigenvalue weighted by Crippen LogP contribution is -1.98. The summed E-state index contributed by atoms with van der Waals surface area (Å²) in [4.78, 5) is 4.13. The number of nitriles is 1. The van der Waals surface area contributed by atoms with Crippen LogP contribution in [-0.2, 0) is 0 Å². The van der Waals surface area contributed by atoms with Gasteiger partial charge in [-0.15, -0.1) is 0 Å². The van der Waals surface area contributed by atoms with E-state index in [1.165, 1.54) is 0 Å². The maximum Gasteiger partial charge on any atom is 0.130 e. The molecule has 0 fully saturated rings. The molecule has 0 aliphatic carbocycles. The van der Waals surface area contributed by atoms with Crippen LogP contribution in [-0.4, -0.2) is 4.98 Å². The Morgan fingerprint density at radius 2 is 2.12 bits per heavy atom. The molecule has 3 N–H and O–H groups in total. The van der Waals surface area contributed by atoms with Crippen molar-refractivity contribution in [2.75, 3.05) is 11.1 Å². The van der Waals surface area contributed by atoms with Crippen LogP contribution < -0.4 is 11.1 Å². The highest BCUT2D eigenvalue weighted by atomic mass is 15.0. The molecule has 17 heavy (non-hydrogen) atoms. The second-order valence-corrected chi connectivity index (χ2v) is 3.71. The second-order valence-electron chi connectivity index (χ2n) is 3.71. The largest absolute Gasteiger partial charge is 0.397 e. The highest BCUT2D eigenvalue weighted by Gasteiger charge is 2.05. The summed E-state index contributed by atoms with van der Waals surface area (Å²) in [6, 6.07) is 11.4. The molecule has 0 unspecified atom stereocenters. The highest BCUT2D eigenvalue weighted by Crippen LogP contribution is 2.22. The minimum atomic E-state index is 0.611. The van der Waals surface area contributed by atoms with Gasteiger partial charge >= 0.3 is 0 Å².